The molecular weight excluding hydrogens is 186 g/mol. The van der Waals surface area contributed by atoms with Gasteiger partial charge in [0, 0.05) is 26.1 Å². The second-order valence-electron chi connectivity index (χ2n) is 5.27. The molecule has 0 unspecified atom stereocenters. The van der Waals surface area contributed by atoms with E-state index < -0.39 is 0 Å². The molecule has 0 atom stereocenters. The van der Waals surface area contributed by atoms with E-state index in [0.717, 1.165) is 13.0 Å². The van der Waals surface area contributed by atoms with Crippen LogP contribution in [0.2, 0.25) is 0 Å². The number of hydrogen-bond donors (Lipinski definition) is 0. The van der Waals surface area contributed by atoms with E-state index in [4.69, 9.17) is 5.26 Å². The standard InChI is InChI=1S/C12H21N3/c1-14-7-2-8-15(10-9-14)11-12(3-4-12)5-6-13/h2-5,7-11H2,1H3. The van der Waals surface area contributed by atoms with Crippen LogP contribution < -0.4 is 0 Å². The summed E-state index contributed by atoms with van der Waals surface area (Å²) in [6.45, 7) is 5.97. The maximum atomic E-state index is 8.79. The molecule has 2 rings (SSSR count). The Bertz CT molecular complexity index is 252. The van der Waals surface area contributed by atoms with Crippen molar-refractivity contribution in [1.29, 1.82) is 5.26 Å². The van der Waals surface area contributed by atoms with Gasteiger partial charge in [0.25, 0.3) is 0 Å². The summed E-state index contributed by atoms with van der Waals surface area (Å²) >= 11 is 0. The summed E-state index contributed by atoms with van der Waals surface area (Å²) in [6.07, 6.45) is 4.58. The van der Waals surface area contributed by atoms with E-state index in [9.17, 15) is 0 Å². The number of hydrogen-bond acceptors (Lipinski definition) is 3. The topological polar surface area (TPSA) is 30.3 Å². The third-order valence-corrected chi connectivity index (χ3v) is 3.78. The number of rotatable bonds is 3. The van der Waals surface area contributed by atoms with E-state index in [1.807, 2.05) is 0 Å². The molecule has 2 aliphatic rings. The van der Waals surface area contributed by atoms with Gasteiger partial charge in [0.15, 0.2) is 0 Å². The maximum Gasteiger partial charge on any atom is 0.0628 e. The van der Waals surface area contributed by atoms with Crippen LogP contribution in [0, 0.1) is 16.7 Å². The van der Waals surface area contributed by atoms with E-state index in [1.165, 1.54) is 45.4 Å². The largest absolute Gasteiger partial charge is 0.305 e. The predicted octanol–water partition coefficient (Wildman–Crippen LogP) is 1.32. The van der Waals surface area contributed by atoms with Crippen molar-refractivity contribution in [2.45, 2.75) is 25.7 Å². The van der Waals surface area contributed by atoms with Crippen LogP contribution in [0.15, 0.2) is 0 Å². The van der Waals surface area contributed by atoms with E-state index in [2.05, 4.69) is 22.9 Å². The van der Waals surface area contributed by atoms with Crippen molar-refractivity contribution in [2.75, 3.05) is 39.8 Å². The van der Waals surface area contributed by atoms with Crippen molar-refractivity contribution in [3.05, 3.63) is 0 Å². The molecule has 0 aromatic rings. The predicted molar refractivity (Wildman–Crippen MR) is 60.5 cm³/mol. The maximum absolute atomic E-state index is 8.79. The third-order valence-electron chi connectivity index (χ3n) is 3.78. The minimum Gasteiger partial charge on any atom is -0.305 e. The van der Waals surface area contributed by atoms with Crippen LogP contribution in [0.3, 0.4) is 0 Å². The Kier molecular flexibility index (Phi) is 3.28. The lowest BCUT2D eigenvalue weighted by Crippen LogP contribution is -2.33. The van der Waals surface area contributed by atoms with Gasteiger partial charge >= 0.3 is 0 Å². The van der Waals surface area contributed by atoms with Gasteiger partial charge in [0.05, 0.1) is 6.07 Å². The number of likely N-dealkylation sites (N-methyl/N-ethyl adjacent to an activating group) is 1. The van der Waals surface area contributed by atoms with Crippen molar-refractivity contribution >= 4 is 0 Å². The minimum absolute atomic E-state index is 0.387. The molecule has 0 spiro atoms. The molecule has 0 amide bonds. The average Bonchev–Trinajstić information content (AvgIpc) is 2.96. The Labute approximate surface area is 92.7 Å². The SMILES string of the molecule is CN1CCCN(CC2(CC#N)CC2)CC1. The summed E-state index contributed by atoms with van der Waals surface area (Å²) in [6, 6.07) is 2.35. The van der Waals surface area contributed by atoms with Crippen molar-refractivity contribution in [3.63, 3.8) is 0 Å². The first-order chi connectivity index (χ1) is 7.24. The van der Waals surface area contributed by atoms with Gasteiger partial charge in [0.2, 0.25) is 0 Å². The Morgan fingerprint density at radius 3 is 2.67 bits per heavy atom. The Morgan fingerprint density at radius 2 is 2.00 bits per heavy atom. The van der Waals surface area contributed by atoms with Crippen LogP contribution in [-0.2, 0) is 0 Å². The smallest absolute Gasteiger partial charge is 0.0628 e. The lowest BCUT2D eigenvalue weighted by molar-refractivity contribution is 0.226. The summed E-state index contributed by atoms with van der Waals surface area (Å²) in [7, 11) is 2.20. The van der Waals surface area contributed by atoms with Crippen molar-refractivity contribution in [2.24, 2.45) is 5.41 Å². The quantitative estimate of drug-likeness (QED) is 0.699. The van der Waals surface area contributed by atoms with E-state index in [1.54, 1.807) is 0 Å². The van der Waals surface area contributed by atoms with Gasteiger partial charge in [-0.25, -0.2) is 0 Å². The van der Waals surface area contributed by atoms with Crippen LogP contribution in [0.1, 0.15) is 25.7 Å². The molecule has 1 saturated carbocycles. The molecule has 2 fully saturated rings. The van der Waals surface area contributed by atoms with Gasteiger partial charge in [0.1, 0.15) is 0 Å². The minimum atomic E-state index is 0.387. The van der Waals surface area contributed by atoms with Gasteiger partial charge in [-0.2, -0.15) is 5.26 Å². The first-order valence-electron chi connectivity index (χ1n) is 6.02. The average molecular weight is 207 g/mol. The monoisotopic (exact) mass is 207 g/mol. The fourth-order valence-corrected chi connectivity index (χ4v) is 2.47. The molecule has 3 heteroatoms. The number of nitrogens with zero attached hydrogens (tertiary/aromatic N) is 3. The van der Waals surface area contributed by atoms with Crippen molar-refractivity contribution in [3.8, 4) is 6.07 Å². The van der Waals surface area contributed by atoms with Crippen LogP contribution >= 0.6 is 0 Å². The highest BCUT2D eigenvalue weighted by atomic mass is 15.2. The van der Waals surface area contributed by atoms with Crippen LogP contribution in [-0.4, -0.2) is 49.6 Å². The Morgan fingerprint density at radius 1 is 1.20 bits per heavy atom. The summed E-state index contributed by atoms with van der Waals surface area (Å²) in [4.78, 5) is 4.97. The zero-order valence-corrected chi connectivity index (χ0v) is 9.71. The van der Waals surface area contributed by atoms with E-state index >= 15 is 0 Å². The second kappa shape index (κ2) is 4.51. The van der Waals surface area contributed by atoms with E-state index in [0.29, 0.717) is 5.41 Å². The molecular formula is C12H21N3. The summed E-state index contributed by atoms with van der Waals surface area (Å²) in [5.41, 5.74) is 0.387. The van der Waals surface area contributed by atoms with Gasteiger partial charge in [-0.05, 0) is 44.8 Å². The first kappa shape index (κ1) is 10.9. The third kappa shape index (κ3) is 2.93. The zero-order valence-electron chi connectivity index (χ0n) is 9.71. The molecule has 0 N–H and O–H groups in total. The van der Waals surface area contributed by atoms with Crippen LogP contribution in [0.5, 0.6) is 0 Å². The molecule has 1 aliphatic carbocycles. The summed E-state index contributed by atoms with van der Waals surface area (Å²) in [5.74, 6) is 0. The summed E-state index contributed by atoms with van der Waals surface area (Å²) in [5, 5.41) is 8.79. The zero-order chi connectivity index (χ0) is 10.7. The molecule has 1 heterocycles. The van der Waals surface area contributed by atoms with Crippen molar-refractivity contribution < 1.29 is 0 Å². The van der Waals surface area contributed by atoms with Crippen LogP contribution in [0.25, 0.3) is 0 Å². The van der Waals surface area contributed by atoms with E-state index in [-0.39, 0.29) is 0 Å². The molecule has 1 saturated heterocycles. The van der Waals surface area contributed by atoms with Crippen molar-refractivity contribution in [1.82, 2.24) is 9.80 Å². The van der Waals surface area contributed by atoms with Gasteiger partial charge in [-0.1, -0.05) is 0 Å². The summed E-state index contributed by atoms with van der Waals surface area (Å²) < 4.78 is 0. The highest BCUT2D eigenvalue weighted by Gasteiger charge is 2.43. The molecule has 15 heavy (non-hydrogen) atoms. The molecule has 0 aromatic carbocycles. The molecule has 0 radical (unpaired) electrons. The Hall–Kier alpha value is -0.590. The molecule has 3 nitrogen and oxygen atoms in total. The first-order valence-corrected chi connectivity index (χ1v) is 6.02. The van der Waals surface area contributed by atoms with Gasteiger partial charge in [-0.3, -0.25) is 0 Å². The highest BCUT2D eigenvalue weighted by Crippen LogP contribution is 2.49. The molecule has 84 valence electrons. The number of nitriles is 1. The van der Waals surface area contributed by atoms with Gasteiger partial charge < -0.3 is 9.80 Å². The normalized spacial score (nSPS) is 26.9. The fraction of sp³-hybridized carbons (Fsp3) is 0.917. The highest BCUT2D eigenvalue weighted by molar-refractivity contribution is 5.01. The second-order valence-corrected chi connectivity index (χ2v) is 5.27. The molecule has 0 bridgehead atoms. The fourth-order valence-electron chi connectivity index (χ4n) is 2.47. The molecule has 0 aromatic heterocycles. The Balaban J connectivity index is 1.81. The lowest BCUT2D eigenvalue weighted by Gasteiger charge is -2.24. The lowest BCUT2D eigenvalue weighted by atomic mass is 10.0. The van der Waals surface area contributed by atoms with Crippen LogP contribution in [0.4, 0.5) is 0 Å². The van der Waals surface area contributed by atoms with Gasteiger partial charge in [-0.15, -0.1) is 0 Å². The molecule has 1 aliphatic heterocycles.